The van der Waals surface area contributed by atoms with Gasteiger partial charge in [-0.25, -0.2) is 0 Å². The highest BCUT2D eigenvalue weighted by Crippen LogP contribution is 2.24. The number of rotatable bonds is 6. The van der Waals surface area contributed by atoms with Crippen molar-refractivity contribution in [3.8, 4) is 0 Å². The Kier molecular flexibility index (Phi) is 4.18. The first-order valence-electron chi connectivity index (χ1n) is 6.08. The molecule has 0 radical (unpaired) electrons. The average Bonchev–Trinajstić information content (AvgIpc) is 2.65. The van der Waals surface area contributed by atoms with Crippen LogP contribution in [-0.2, 0) is 11.3 Å². The fourth-order valence-electron chi connectivity index (χ4n) is 1.94. The van der Waals surface area contributed by atoms with E-state index in [1.807, 2.05) is 32.0 Å². The molecule has 1 aromatic carbocycles. The topological polar surface area (TPSA) is 34.4 Å². The number of hydrogen-bond donors (Lipinski definition) is 1. The molecule has 3 nitrogen and oxygen atoms in total. The molecule has 1 N–H and O–H groups in total. The summed E-state index contributed by atoms with van der Waals surface area (Å²) in [5.74, 6) is 0.995. The summed E-state index contributed by atoms with van der Waals surface area (Å²) in [6.07, 6.45) is 0. The maximum Gasteiger partial charge on any atom is 0.134 e. The molecule has 17 heavy (non-hydrogen) atoms. The Balaban J connectivity index is 2.00. The van der Waals surface area contributed by atoms with E-state index in [2.05, 4.69) is 11.4 Å². The molecule has 0 atom stereocenters. The van der Waals surface area contributed by atoms with Crippen LogP contribution in [0.3, 0.4) is 0 Å². The smallest absolute Gasteiger partial charge is 0.134 e. The van der Waals surface area contributed by atoms with Crippen molar-refractivity contribution in [2.45, 2.75) is 20.4 Å². The van der Waals surface area contributed by atoms with E-state index in [1.54, 1.807) is 0 Å². The largest absolute Gasteiger partial charge is 0.461 e. The van der Waals surface area contributed by atoms with Crippen molar-refractivity contribution in [3.63, 3.8) is 0 Å². The standard InChI is InChI=1S/C14H19NO2/c1-3-16-9-8-15-10-13-11(2)17-14-7-5-4-6-12(13)14/h4-7,15H,3,8-10H2,1-2H3. The molecule has 0 aliphatic carbocycles. The summed E-state index contributed by atoms with van der Waals surface area (Å²) >= 11 is 0. The van der Waals surface area contributed by atoms with Gasteiger partial charge in [0.25, 0.3) is 0 Å². The Hall–Kier alpha value is -1.32. The summed E-state index contributed by atoms with van der Waals surface area (Å²) in [5, 5.41) is 4.57. The summed E-state index contributed by atoms with van der Waals surface area (Å²) < 4.78 is 11.0. The SMILES string of the molecule is CCOCCNCc1c(C)oc2ccccc12. The molecule has 0 spiro atoms. The Morgan fingerprint density at radius 1 is 1.29 bits per heavy atom. The van der Waals surface area contributed by atoms with Gasteiger partial charge in [0.1, 0.15) is 11.3 Å². The number of para-hydroxylation sites is 1. The molecular weight excluding hydrogens is 214 g/mol. The van der Waals surface area contributed by atoms with Gasteiger partial charge in [-0.15, -0.1) is 0 Å². The molecule has 0 fully saturated rings. The lowest BCUT2D eigenvalue weighted by atomic mass is 10.1. The van der Waals surface area contributed by atoms with Crippen LogP contribution in [0.2, 0.25) is 0 Å². The molecule has 0 aliphatic heterocycles. The first kappa shape index (κ1) is 12.1. The van der Waals surface area contributed by atoms with E-state index in [4.69, 9.17) is 9.15 Å². The first-order valence-corrected chi connectivity index (χ1v) is 6.08. The second kappa shape index (κ2) is 5.84. The van der Waals surface area contributed by atoms with Gasteiger partial charge in [0, 0.05) is 30.6 Å². The third-order valence-corrected chi connectivity index (χ3v) is 2.83. The normalized spacial score (nSPS) is 11.2. The fourth-order valence-corrected chi connectivity index (χ4v) is 1.94. The third kappa shape index (κ3) is 2.87. The van der Waals surface area contributed by atoms with Gasteiger partial charge in [0.2, 0.25) is 0 Å². The molecule has 3 heteroatoms. The van der Waals surface area contributed by atoms with Gasteiger partial charge < -0.3 is 14.5 Å². The van der Waals surface area contributed by atoms with Crippen LogP contribution in [0.25, 0.3) is 11.0 Å². The van der Waals surface area contributed by atoms with E-state index in [0.717, 1.165) is 37.6 Å². The molecule has 2 rings (SSSR count). The Bertz CT molecular complexity index is 476. The molecule has 0 amide bonds. The highest BCUT2D eigenvalue weighted by molar-refractivity contribution is 5.82. The quantitative estimate of drug-likeness (QED) is 0.779. The molecular formula is C14H19NO2. The minimum absolute atomic E-state index is 0.755. The molecule has 2 aromatic rings. The molecule has 0 unspecified atom stereocenters. The van der Waals surface area contributed by atoms with Crippen LogP contribution in [-0.4, -0.2) is 19.8 Å². The number of ether oxygens (including phenoxy) is 1. The van der Waals surface area contributed by atoms with Gasteiger partial charge in [-0.1, -0.05) is 18.2 Å². The van der Waals surface area contributed by atoms with Gasteiger partial charge in [0.15, 0.2) is 0 Å². The first-order chi connectivity index (χ1) is 8.33. The second-order valence-corrected chi connectivity index (χ2v) is 4.01. The molecule has 92 valence electrons. The van der Waals surface area contributed by atoms with Gasteiger partial charge in [-0.3, -0.25) is 0 Å². The monoisotopic (exact) mass is 233 g/mol. The number of hydrogen-bond acceptors (Lipinski definition) is 3. The van der Waals surface area contributed by atoms with E-state index >= 15 is 0 Å². The van der Waals surface area contributed by atoms with Crippen LogP contribution in [0.4, 0.5) is 0 Å². The summed E-state index contributed by atoms with van der Waals surface area (Å²) in [6, 6.07) is 8.15. The van der Waals surface area contributed by atoms with Gasteiger partial charge >= 0.3 is 0 Å². The van der Waals surface area contributed by atoms with E-state index in [9.17, 15) is 0 Å². The van der Waals surface area contributed by atoms with Crippen LogP contribution < -0.4 is 5.32 Å². The highest BCUT2D eigenvalue weighted by atomic mass is 16.5. The Morgan fingerprint density at radius 2 is 2.12 bits per heavy atom. The third-order valence-electron chi connectivity index (χ3n) is 2.83. The number of nitrogens with one attached hydrogen (secondary N) is 1. The molecule has 0 saturated heterocycles. The molecule has 0 aliphatic rings. The zero-order valence-electron chi connectivity index (χ0n) is 10.5. The predicted molar refractivity (Wildman–Crippen MR) is 69.2 cm³/mol. The zero-order chi connectivity index (χ0) is 12.1. The number of furan rings is 1. The van der Waals surface area contributed by atoms with E-state index in [-0.39, 0.29) is 0 Å². The van der Waals surface area contributed by atoms with Crippen LogP contribution in [0, 0.1) is 6.92 Å². The lowest BCUT2D eigenvalue weighted by Crippen LogP contribution is -2.19. The summed E-state index contributed by atoms with van der Waals surface area (Å²) in [4.78, 5) is 0. The molecule has 0 saturated carbocycles. The molecule has 1 aromatic heterocycles. The van der Waals surface area contributed by atoms with Crippen LogP contribution >= 0.6 is 0 Å². The van der Waals surface area contributed by atoms with Crippen molar-refractivity contribution >= 4 is 11.0 Å². The molecule has 1 heterocycles. The van der Waals surface area contributed by atoms with Crippen molar-refractivity contribution in [2.24, 2.45) is 0 Å². The summed E-state index contributed by atoms with van der Waals surface area (Å²) in [6.45, 7) is 7.25. The highest BCUT2D eigenvalue weighted by Gasteiger charge is 2.09. The number of aryl methyl sites for hydroxylation is 1. The summed E-state index contributed by atoms with van der Waals surface area (Å²) in [7, 11) is 0. The predicted octanol–water partition coefficient (Wildman–Crippen LogP) is 2.87. The van der Waals surface area contributed by atoms with Crippen LogP contribution in [0.1, 0.15) is 18.2 Å². The lowest BCUT2D eigenvalue weighted by molar-refractivity contribution is 0.149. The Morgan fingerprint density at radius 3 is 2.94 bits per heavy atom. The van der Waals surface area contributed by atoms with E-state index in [0.29, 0.717) is 0 Å². The maximum atomic E-state index is 5.71. The maximum absolute atomic E-state index is 5.71. The fraction of sp³-hybridized carbons (Fsp3) is 0.429. The van der Waals surface area contributed by atoms with Gasteiger partial charge in [-0.05, 0) is 19.9 Å². The minimum atomic E-state index is 0.755. The van der Waals surface area contributed by atoms with E-state index in [1.165, 1.54) is 10.9 Å². The van der Waals surface area contributed by atoms with Crippen molar-refractivity contribution < 1.29 is 9.15 Å². The van der Waals surface area contributed by atoms with Crippen molar-refractivity contribution in [1.82, 2.24) is 5.32 Å². The van der Waals surface area contributed by atoms with Crippen molar-refractivity contribution in [3.05, 3.63) is 35.6 Å². The van der Waals surface area contributed by atoms with Gasteiger partial charge in [0.05, 0.1) is 6.61 Å². The van der Waals surface area contributed by atoms with E-state index < -0.39 is 0 Å². The lowest BCUT2D eigenvalue weighted by Gasteiger charge is -2.04. The van der Waals surface area contributed by atoms with Crippen molar-refractivity contribution in [1.29, 1.82) is 0 Å². The number of fused-ring (bicyclic) bond motifs is 1. The van der Waals surface area contributed by atoms with Crippen LogP contribution in [0.5, 0.6) is 0 Å². The molecule has 0 bridgehead atoms. The zero-order valence-corrected chi connectivity index (χ0v) is 10.5. The van der Waals surface area contributed by atoms with Crippen molar-refractivity contribution in [2.75, 3.05) is 19.8 Å². The Labute approximate surface area is 102 Å². The minimum Gasteiger partial charge on any atom is -0.461 e. The average molecular weight is 233 g/mol. The van der Waals surface area contributed by atoms with Gasteiger partial charge in [-0.2, -0.15) is 0 Å². The summed E-state index contributed by atoms with van der Waals surface area (Å²) in [5.41, 5.74) is 2.21. The second-order valence-electron chi connectivity index (χ2n) is 4.01. The number of benzene rings is 1. The van der Waals surface area contributed by atoms with Crippen LogP contribution in [0.15, 0.2) is 28.7 Å².